The van der Waals surface area contributed by atoms with Gasteiger partial charge in [-0.2, -0.15) is 0 Å². The molecule has 0 spiro atoms. The molecule has 2 rings (SSSR count). The van der Waals surface area contributed by atoms with Crippen LogP contribution in [0, 0.1) is 5.92 Å². The molecule has 1 amide bonds. The Labute approximate surface area is 121 Å². The lowest BCUT2D eigenvalue weighted by molar-refractivity contribution is -0.116. The fourth-order valence-corrected chi connectivity index (χ4v) is 2.73. The highest BCUT2D eigenvalue weighted by atomic mass is 16.1. The van der Waals surface area contributed by atoms with E-state index in [0.717, 1.165) is 25.3 Å². The quantitative estimate of drug-likeness (QED) is 0.865. The zero-order valence-electron chi connectivity index (χ0n) is 12.2. The van der Waals surface area contributed by atoms with Crippen LogP contribution in [0.3, 0.4) is 0 Å². The first-order valence-corrected chi connectivity index (χ1v) is 7.48. The summed E-state index contributed by atoms with van der Waals surface area (Å²) in [5.74, 6) is 0.653. The van der Waals surface area contributed by atoms with Gasteiger partial charge in [-0.3, -0.25) is 4.79 Å². The summed E-state index contributed by atoms with van der Waals surface area (Å²) in [4.78, 5) is 14.3. The maximum absolute atomic E-state index is 11.9. The predicted molar refractivity (Wildman–Crippen MR) is 82.5 cm³/mol. The van der Waals surface area contributed by atoms with Gasteiger partial charge in [-0.1, -0.05) is 18.2 Å². The lowest BCUT2D eigenvalue weighted by Crippen LogP contribution is -2.43. The van der Waals surface area contributed by atoms with Crippen molar-refractivity contribution in [3.8, 4) is 0 Å². The van der Waals surface area contributed by atoms with Crippen LogP contribution >= 0.6 is 0 Å². The van der Waals surface area contributed by atoms with Crippen LogP contribution in [0.2, 0.25) is 0 Å². The highest BCUT2D eigenvalue weighted by Gasteiger charge is 2.22. The van der Waals surface area contributed by atoms with Gasteiger partial charge < -0.3 is 16.0 Å². The van der Waals surface area contributed by atoms with Crippen LogP contribution in [-0.4, -0.2) is 36.5 Å². The number of carbonyl (C=O) groups is 1. The molecule has 0 radical (unpaired) electrons. The summed E-state index contributed by atoms with van der Waals surface area (Å²) in [5, 5.41) is 2.93. The smallest absolute Gasteiger partial charge is 0.225 e. The summed E-state index contributed by atoms with van der Waals surface area (Å²) in [6, 6.07) is 9.85. The van der Waals surface area contributed by atoms with Gasteiger partial charge in [0.25, 0.3) is 0 Å². The molecule has 0 aromatic heterocycles. The first kappa shape index (κ1) is 15.0. The van der Waals surface area contributed by atoms with Crippen LogP contribution in [0.1, 0.15) is 26.2 Å². The summed E-state index contributed by atoms with van der Waals surface area (Å²) < 4.78 is 0. The summed E-state index contributed by atoms with van der Waals surface area (Å²) >= 11 is 0. The Bertz CT molecular complexity index is 419. The van der Waals surface area contributed by atoms with Crippen molar-refractivity contribution >= 4 is 11.6 Å². The SMILES string of the molecule is CC(N)C1CCCN(CCC(=O)Nc2ccccc2)C1. The lowest BCUT2D eigenvalue weighted by Gasteiger charge is -2.34. The van der Waals surface area contributed by atoms with E-state index in [2.05, 4.69) is 17.1 Å². The van der Waals surface area contributed by atoms with Gasteiger partial charge in [0.1, 0.15) is 0 Å². The number of carbonyl (C=O) groups excluding carboxylic acids is 1. The Kier molecular flexibility index (Phi) is 5.56. The van der Waals surface area contributed by atoms with E-state index in [0.29, 0.717) is 12.3 Å². The Hall–Kier alpha value is -1.39. The van der Waals surface area contributed by atoms with Gasteiger partial charge in [0.2, 0.25) is 5.91 Å². The maximum Gasteiger partial charge on any atom is 0.225 e. The molecular weight excluding hydrogens is 250 g/mol. The zero-order valence-corrected chi connectivity index (χ0v) is 12.2. The summed E-state index contributed by atoms with van der Waals surface area (Å²) in [6.45, 7) is 5.01. The van der Waals surface area contributed by atoms with Crippen molar-refractivity contribution in [2.75, 3.05) is 25.0 Å². The second-order valence-corrected chi connectivity index (χ2v) is 5.73. The highest BCUT2D eigenvalue weighted by molar-refractivity contribution is 5.90. The summed E-state index contributed by atoms with van der Waals surface area (Å²) in [5.41, 5.74) is 6.85. The van der Waals surface area contributed by atoms with Gasteiger partial charge >= 0.3 is 0 Å². The van der Waals surface area contributed by atoms with Crippen molar-refractivity contribution in [2.24, 2.45) is 11.7 Å². The number of anilines is 1. The fourth-order valence-electron chi connectivity index (χ4n) is 2.73. The Balaban J connectivity index is 1.73. The van der Waals surface area contributed by atoms with Gasteiger partial charge in [-0.05, 0) is 44.4 Å². The van der Waals surface area contributed by atoms with E-state index in [9.17, 15) is 4.79 Å². The average molecular weight is 275 g/mol. The molecule has 1 aliphatic heterocycles. The Morgan fingerprint density at radius 1 is 1.45 bits per heavy atom. The fraction of sp³-hybridized carbons (Fsp3) is 0.562. The zero-order chi connectivity index (χ0) is 14.4. The Morgan fingerprint density at radius 3 is 2.90 bits per heavy atom. The van der Waals surface area contributed by atoms with E-state index in [1.54, 1.807) is 0 Å². The van der Waals surface area contributed by atoms with Crippen LogP contribution in [0.5, 0.6) is 0 Å². The number of hydrogen-bond acceptors (Lipinski definition) is 3. The van der Waals surface area contributed by atoms with Gasteiger partial charge in [-0.15, -0.1) is 0 Å². The third kappa shape index (κ3) is 4.62. The van der Waals surface area contributed by atoms with Gasteiger partial charge in [0.05, 0.1) is 0 Å². The molecule has 2 atom stereocenters. The number of hydrogen-bond donors (Lipinski definition) is 2. The standard InChI is InChI=1S/C16H25N3O/c1-13(17)14-6-5-10-19(12-14)11-9-16(20)18-15-7-3-2-4-8-15/h2-4,7-8,13-14H,5-6,9-12,17H2,1H3,(H,18,20). The molecule has 1 heterocycles. The third-order valence-electron chi connectivity index (χ3n) is 4.00. The number of nitrogens with two attached hydrogens (primary N) is 1. The van der Waals surface area contributed by atoms with Crippen molar-refractivity contribution in [2.45, 2.75) is 32.2 Å². The van der Waals surface area contributed by atoms with Crippen molar-refractivity contribution < 1.29 is 4.79 Å². The molecule has 2 unspecified atom stereocenters. The minimum Gasteiger partial charge on any atom is -0.328 e. The number of amides is 1. The molecule has 1 fully saturated rings. The molecule has 110 valence electrons. The van der Waals surface area contributed by atoms with Crippen molar-refractivity contribution in [1.82, 2.24) is 4.90 Å². The first-order valence-electron chi connectivity index (χ1n) is 7.48. The molecule has 0 saturated carbocycles. The first-order chi connectivity index (χ1) is 9.65. The number of nitrogens with one attached hydrogen (secondary N) is 1. The molecule has 1 aromatic rings. The summed E-state index contributed by atoms with van der Waals surface area (Å²) in [6.07, 6.45) is 2.94. The number of rotatable bonds is 5. The summed E-state index contributed by atoms with van der Waals surface area (Å²) in [7, 11) is 0. The number of piperidine rings is 1. The van der Waals surface area contributed by atoms with Crippen LogP contribution in [0.15, 0.2) is 30.3 Å². The number of benzene rings is 1. The molecule has 0 aliphatic carbocycles. The average Bonchev–Trinajstić information content (AvgIpc) is 2.46. The third-order valence-corrected chi connectivity index (χ3v) is 4.00. The number of likely N-dealkylation sites (tertiary alicyclic amines) is 1. The molecule has 4 nitrogen and oxygen atoms in total. The van der Waals surface area contributed by atoms with Gasteiger partial charge in [0, 0.05) is 31.2 Å². The van der Waals surface area contributed by atoms with E-state index >= 15 is 0 Å². The van der Waals surface area contributed by atoms with Crippen LogP contribution in [-0.2, 0) is 4.79 Å². The van der Waals surface area contributed by atoms with E-state index < -0.39 is 0 Å². The molecular formula is C16H25N3O. The second kappa shape index (κ2) is 7.41. The van der Waals surface area contributed by atoms with E-state index in [1.165, 1.54) is 12.8 Å². The molecule has 3 N–H and O–H groups in total. The van der Waals surface area contributed by atoms with Crippen molar-refractivity contribution in [3.63, 3.8) is 0 Å². The molecule has 1 aliphatic rings. The molecule has 4 heteroatoms. The van der Waals surface area contributed by atoms with Crippen molar-refractivity contribution in [3.05, 3.63) is 30.3 Å². The predicted octanol–water partition coefficient (Wildman–Crippen LogP) is 2.07. The minimum absolute atomic E-state index is 0.0825. The minimum atomic E-state index is 0.0825. The molecule has 1 aromatic carbocycles. The second-order valence-electron chi connectivity index (χ2n) is 5.73. The van der Waals surface area contributed by atoms with Crippen LogP contribution < -0.4 is 11.1 Å². The van der Waals surface area contributed by atoms with E-state index in [4.69, 9.17) is 5.73 Å². The Morgan fingerprint density at radius 2 is 2.20 bits per heavy atom. The van der Waals surface area contributed by atoms with Crippen molar-refractivity contribution in [1.29, 1.82) is 0 Å². The van der Waals surface area contributed by atoms with Gasteiger partial charge in [0.15, 0.2) is 0 Å². The maximum atomic E-state index is 11.9. The van der Waals surface area contributed by atoms with Crippen LogP contribution in [0.4, 0.5) is 5.69 Å². The van der Waals surface area contributed by atoms with E-state index in [1.807, 2.05) is 30.3 Å². The molecule has 0 bridgehead atoms. The molecule has 20 heavy (non-hydrogen) atoms. The van der Waals surface area contributed by atoms with Gasteiger partial charge in [-0.25, -0.2) is 0 Å². The largest absolute Gasteiger partial charge is 0.328 e. The highest BCUT2D eigenvalue weighted by Crippen LogP contribution is 2.18. The topological polar surface area (TPSA) is 58.4 Å². The normalized spacial score (nSPS) is 21.4. The lowest BCUT2D eigenvalue weighted by atomic mass is 9.92. The van der Waals surface area contributed by atoms with Crippen LogP contribution in [0.25, 0.3) is 0 Å². The van der Waals surface area contributed by atoms with E-state index in [-0.39, 0.29) is 11.9 Å². The monoisotopic (exact) mass is 275 g/mol. The number of nitrogens with zero attached hydrogens (tertiary/aromatic N) is 1. The molecule has 1 saturated heterocycles. The number of para-hydroxylation sites is 1.